The second-order valence-corrected chi connectivity index (χ2v) is 9.49. The second-order valence-electron chi connectivity index (χ2n) is 8.00. The quantitative estimate of drug-likeness (QED) is 0.553. The predicted molar refractivity (Wildman–Crippen MR) is 123 cm³/mol. The number of nitrogens with one attached hydrogen (secondary N) is 2. The van der Waals surface area contributed by atoms with E-state index in [0.717, 1.165) is 35.5 Å². The first-order valence-electron chi connectivity index (χ1n) is 10.5. The zero-order chi connectivity index (χ0) is 22.0. The van der Waals surface area contributed by atoms with Gasteiger partial charge in [-0.1, -0.05) is 37.1 Å². The maximum absolute atomic E-state index is 14.0. The van der Waals surface area contributed by atoms with Crippen molar-refractivity contribution in [1.29, 1.82) is 0 Å². The fourth-order valence-electron chi connectivity index (χ4n) is 4.53. The van der Waals surface area contributed by atoms with Crippen LogP contribution in [0.2, 0.25) is 5.02 Å². The Balaban J connectivity index is 1.57. The van der Waals surface area contributed by atoms with E-state index >= 15 is 0 Å². The SMILES string of the molecule is CCC[C@H]1CNC[C@@H](NC(=O)c2ccc(-c3c(Cl)cnn3C)s2)[C@@H]1c1cccc(F)c1. The molecule has 5 nitrogen and oxygen atoms in total. The van der Waals surface area contributed by atoms with E-state index in [9.17, 15) is 9.18 Å². The molecule has 1 aromatic carbocycles. The topological polar surface area (TPSA) is 58.9 Å². The Morgan fingerprint density at radius 1 is 1.35 bits per heavy atom. The van der Waals surface area contributed by atoms with Gasteiger partial charge in [-0.3, -0.25) is 9.48 Å². The van der Waals surface area contributed by atoms with Crippen molar-refractivity contribution in [3.63, 3.8) is 0 Å². The fraction of sp³-hybridized carbons (Fsp3) is 0.391. The molecule has 1 amide bonds. The summed E-state index contributed by atoms with van der Waals surface area (Å²) < 4.78 is 15.7. The first-order valence-corrected chi connectivity index (χ1v) is 11.7. The molecule has 1 aliphatic heterocycles. The third-order valence-electron chi connectivity index (χ3n) is 5.88. The summed E-state index contributed by atoms with van der Waals surface area (Å²) in [4.78, 5) is 14.6. The minimum Gasteiger partial charge on any atom is -0.347 e. The van der Waals surface area contributed by atoms with E-state index in [4.69, 9.17) is 11.6 Å². The average Bonchev–Trinajstić information content (AvgIpc) is 3.35. The van der Waals surface area contributed by atoms with Gasteiger partial charge in [-0.05, 0) is 48.7 Å². The van der Waals surface area contributed by atoms with Crippen LogP contribution in [0.1, 0.15) is 40.9 Å². The number of nitrogens with zero attached hydrogens (tertiary/aromatic N) is 2. The maximum atomic E-state index is 14.0. The van der Waals surface area contributed by atoms with Crippen molar-refractivity contribution in [2.75, 3.05) is 13.1 Å². The van der Waals surface area contributed by atoms with Crippen molar-refractivity contribution in [2.24, 2.45) is 13.0 Å². The second kappa shape index (κ2) is 9.51. The molecule has 8 heteroatoms. The van der Waals surface area contributed by atoms with Gasteiger partial charge in [-0.2, -0.15) is 5.10 Å². The molecule has 0 unspecified atom stereocenters. The molecule has 0 aliphatic carbocycles. The number of aryl methyl sites for hydroxylation is 1. The molecule has 31 heavy (non-hydrogen) atoms. The molecule has 4 rings (SSSR count). The number of carbonyl (C=O) groups is 1. The van der Waals surface area contributed by atoms with Crippen LogP contribution in [-0.2, 0) is 7.05 Å². The minimum atomic E-state index is -0.243. The summed E-state index contributed by atoms with van der Waals surface area (Å²) in [5.74, 6) is 0.0250. The van der Waals surface area contributed by atoms with Crippen LogP contribution in [-0.4, -0.2) is 34.8 Å². The number of hydrogen-bond acceptors (Lipinski definition) is 4. The van der Waals surface area contributed by atoms with E-state index in [2.05, 4.69) is 22.7 Å². The molecule has 3 aromatic rings. The van der Waals surface area contributed by atoms with E-state index in [1.807, 2.05) is 25.2 Å². The Morgan fingerprint density at radius 3 is 2.90 bits per heavy atom. The number of amides is 1. The molecule has 2 aromatic heterocycles. The van der Waals surface area contributed by atoms with Crippen LogP contribution in [0, 0.1) is 11.7 Å². The van der Waals surface area contributed by atoms with Gasteiger partial charge in [0.2, 0.25) is 0 Å². The van der Waals surface area contributed by atoms with Crippen LogP contribution >= 0.6 is 22.9 Å². The molecule has 3 heterocycles. The highest BCUT2D eigenvalue weighted by molar-refractivity contribution is 7.17. The number of carbonyl (C=O) groups excluding carboxylic acids is 1. The van der Waals surface area contributed by atoms with Crippen molar-refractivity contribution in [3.8, 4) is 10.6 Å². The molecule has 0 radical (unpaired) electrons. The Hall–Kier alpha value is -2.22. The summed E-state index contributed by atoms with van der Waals surface area (Å²) in [7, 11) is 1.83. The number of halogens is 2. The number of aromatic nitrogens is 2. The summed E-state index contributed by atoms with van der Waals surface area (Å²) >= 11 is 7.64. The Bertz CT molecular complexity index is 1040. The first kappa shape index (κ1) is 22.0. The van der Waals surface area contributed by atoms with Gasteiger partial charge in [0, 0.05) is 25.6 Å². The van der Waals surface area contributed by atoms with E-state index in [-0.39, 0.29) is 23.7 Å². The monoisotopic (exact) mass is 460 g/mol. The largest absolute Gasteiger partial charge is 0.347 e. The average molecular weight is 461 g/mol. The summed E-state index contributed by atoms with van der Waals surface area (Å²) in [6.45, 7) is 3.67. The zero-order valence-corrected chi connectivity index (χ0v) is 19.1. The summed E-state index contributed by atoms with van der Waals surface area (Å²) in [6.07, 6.45) is 3.66. The van der Waals surface area contributed by atoms with Crippen LogP contribution in [0.3, 0.4) is 0 Å². The lowest BCUT2D eigenvalue weighted by Gasteiger charge is -2.39. The molecule has 3 atom stereocenters. The number of hydrogen-bond donors (Lipinski definition) is 2. The highest BCUT2D eigenvalue weighted by atomic mass is 35.5. The molecule has 1 aliphatic rings. The van der Waals surface area contributed by atoms with Gasteiger partial charge in [0.05, 0.1) is 26.7 Å². The lowest BCUT2D eigenvalue weighted by molar-refractivity contribution is 0.0916. The number of piperidine rings is 1. The van der Waals surface area contributed by atoms with E-state index in [1.165, 1.54) is 17.4 Å². The highest BCUT2D eigenvalue weighted by Gasteiger charge is 2.35. The lowest BCUT2D eigenvalue weighted by Crippen LogP contribution is -2.53. The van der Waals surface area contributed by atoms with Crippen LogP contribution in [0.4, 0.5) is 4.39 Å². The smallest absolute Gasteiger partial charge is 0.261 e. The summed E-state index contributed by atoms with van der Waals surface area (Å²) in [5, 5.41) is 11.4. The molecule has 164 valence electrons. The van der Waals surface area contributed by atoms with Gasteiger partial charge >= 0.3 is 0 Å². The molecule has 0 spiro atoms. The molecule has 2 N–H and O–H groups in total. The van der Waals surface area contributed by atoms with Crippen molar-refractivity contribution >= 4 is 28.8 Å². The number of rotatable bonds is 6. The third-order valence-corrected chi connectivity index (χ3v) is 7.25. The normalized spacial score (nSPS) is 21.2. The zero-order valence-electron chi connectivity index (χ0n) is 17.6. The van der Waals surface area contributed by atoms with Gasteiger partial charge in [-0.15, -0.1) is 11.3 Å². The van der Waals surface area contributed by atoms with Crippen molar-refractivity contribution < 1.29 is 9.18 Å². The maximum Gasteiger partial charge on any atom is 0.261 e. The minimum absolute atomic E-state index is 0.0619. The van der Waals surface area contributed by atoms with E-state index in [0.29, 0.717) is 22.4 Å². The fourth-order valence-corrected chi connectivity index (χ4v) is 5.86. The molecule has 0 bridgehead atoms. The Kier molecular flexibility index (Phi) is 6.74. The first-order chi connectivity index (χ1) is 15.0. The molecular weight excluding hydrogens is 435 g/mol. The standard InChI is InChI=1S/C23H26ClFN4OS/c1-3-5-15-11-26-13-18(21(15)14-6-4-7-16(25)10-14)28-23(30)20-9-8-19(31-20)22-17(24)12-27-29(22)2/h4,6-10,12,15,18,21,26H,3,5,11,13H2,1-2H3,(H,28,30)/t15-,18+,21+/m0/s1. The molecular formula is C23H26ClFN4OS. The van der Waals surface area contributed by atoms with Gasteiger partial charge in [0.1, 0.15) is 5.82 Å². The number of benzene rings is 1. The lowest BCUT2D eigenvalue weighted by atomic mass is 9.76. The summed E-state index contributed by atoms with van der Waals surface area (Å²) in [5.41, 5.74) is 1.74. The Labute approximate surface area is 190 Å². The van der Waals surface area contributed by atoms with Crippen molar-refractivity contribution in [1.82, 2.24) is 20.4 Å². The van der Waals surface area contributed by atoms with Crippen molar-refractivity contribution in [3.05, 3.63) is 63.9 Å². The van der Waals surface area contributed by atoms with Gasteiger partial charge in [0.25, 0.3) is 5.91 Å². The van der Waals surface area contributed by atoms with E-state index in [1.54, 1.807) is 23.0 Å². The molecule has 0 saturated carbocycles. The Morgan fingerprint density at radius 2 is 2.19 bits per heavy atom. The van der Waals surface area contributed by atoms with Crippen LogP contribution in [0.25, 0.3) is 10.6 Å². The molecule has 1 fully saturated rings. The molecule has 1 saturated heterocycles. The van der Waals surface area contributed by atoms with Crippen LogP contribution in [0.5, 0.6) is 0 Å². The van der Waals surface area contributed by atoms with Gasteiger partial charge in [0.15, 0.2) is 0 Å². The highest BCUT2D eigenvalue weighted by Crippen LogP contribution is 2.35. The third kappa shape index (κ3) is 4.68. The van der Waals surface area contributed by atoms with Crippen molar-refractivity contribution in [2.45, 2.75) is 31.7 Å². The van der Waals surface area contributed by atoms with Gasteiger partial charge < -0.3 is 10.6 Å². The summed E-state index contributed by atoms with van der Waals surface area (Å²) in [6, 6.07) is 10.4. The predicted octanol–water partition coefficient (Wildman–Crippen LogP) is 4.84. The van der Waals surface area contributed by atoms with Gasteiger partial charge in [-0.25, -0.2) is 4.39 Å². The van der Waals surface area contributed by atoms with Crippen LogP contribution < -0.4 is 10.6 Å². The van der Waals surface area contributed by atoms with E-state index < -0.39 is 0 Å². The number of thiophene rings is 1. The van der Waals surface area contributed by atoms with Crippen LogP contribution in [0.15, 0.2) is 42.6 Å².